The van der Waals surface area contributed by atoms with Crippen LogP contribution in [-0.4, -0.2) is 43.2 Å². The zero-order valence-electron chi connectivity index (χ0n) is 23.3. The second kappa shape index (κ2) is 11.9. The summed E-state index contributed by atoms with van der Waals surface area (Å²) in [4.78, 5) is 40.8. The molecular formula is C31H37N5O4. The lowest BCUT2D eigenvalue weighted by atomic mass is 9.83. The van der Waals surface area contributed by atoms with Crippen LogP contribution in [0.5, 0.6) is 5.75 Å². The number of piperidine rings is 1. The van der Waals surface area contributed by atoms with Crippen LogP contribution >= 0.6 is 0 Å². The van der Waals surface area contributed by atoms with E-state index in [1.165, 1.54) is 0 Å². The molecule has 1 aromatic heterocycles. The smallest absolute Gasteiger partial charge is 0.323 e. The number of aromatic nitrogens is 1. The van der Waals surface area contributed by atoms with Gasteiger partial charge in [-0.2, -0.15) is 0 Å². The number of methoxy groups -OCH3 is 1. The number of benzene rings is 2. The van der Waals surface area contributed by atoms with Crippen molar-refractivity contribution in [2.24, 2.45) is 11.8 Å². The average Bonchev–Trinajstić information content (AvgIpc) is 2.93. The Hall–Kier alpha value is -4.27. The van der Waals surface area contributed by atoms with E-state index in [0.29, 0.717) is 54.2 Å². The number of carbonyl (C=O) groups is 2. The molecule has 3 amide bonds. The summed E-state index contributed by atoms with van der Waals surface area (Å²) in [5.41, 5.74) is 3.59. The fourth-order valence-electron chi connectivity index (χ4n) is 5.71. The second-order valence-electron chi connectivity index (χ2n) is 11.1. The van der Waals surface area contributed by atoms with Gasteiger partial charge in [-0.15, -0.1) is 0 Å². The highest BCUT2D eigenvalue weighted by Crippen LogP contribution is 2.39. The molecule has 0 saturated carbocycles. The zero-order chi connectivity index (χ0) is 28.2. The highest BCUT2D eigenvalue weighted by atomic mass is 16.5. The van der Waals surface area contributed by atoms with E-state index >= 15 is 0 Å². The molecule has 5 rings (SSSR count). The first-order valence-electron chi connectivity index (χ1n) is 13.9. The quantitative estimate of drug-likeness (QED) is 0.375. The molecule has 0 aliphatic carbocycles. The Labute approximate surface area is 234 Å². The standard InChI is InChI=1S/C31H37N5O4/c1-20(2)12-13-32-30(38)22-10-11-28(26(15-22)34-31(39)33-24-6-4-7-25(16-24)40-3)35-17-21-14-23(19-35)27-8-5-9-29(37)36(27)18-21/h4-11,15-16,20-21,23H,12-14,17-19H2,1-3H3,(H,32,38)(H2,33,34,39). The number of fused-ring (bicyclic) bond motifs is 4. The molecule has 1 fully saturated rings. The first-order chi connectivity index (χ1) is 19.3. The molecule has 2 aliphatic heterocycles. The largest absolute Gasteiger partial charge is 0.497 e. The number of nitrogens with one attached hydrogen (secondary N) is 3. The summed E-state index contributed by atoms with van der Waals surface area (Å²) in [7, 11) is 1.58. The minimum atomic E-state index is -0.416. The van der Waals surface area contributed by atoms with Crippen molar-refractivity contribution in [1.29, 1.82) is 0 Å². The van der Waals surface area contributed by atoms with Gasteiger partial charge in [-0.3, -0.25) is 9.59 Å². The zero-order valence-corrected chi connectivity index (χ0v) is 23.3. The molecule has 1 saturated heterocycles. The maximum absolute atomic E-state index is 13.1. The van der Waals surface area contributed by atoms with E-state index in [-0.39, 0.29) is 17.4 Å². The van der Waals surface area contributed by atoms with Crippen molar-refractivity contribution < 1.29 is 14.3 Å². The number of hydrogen-bond acceptors (Lipinski definition) is 5. The molecule has 2 atom stereocenters. The highest BCUT2D eigenvalue weighted by Gasteiger charge is 2.35. The van der Waals surface area contributed by atoms with E-state index < -0.39 is 6.03 Å². The summed E-state index contributed by atoms with van der Waals surface area (Å²) in [5, 5.41) is 8.84. The lowest BCUT2D eigenvalue weighted by Crippen LogP contribution is -2.47. The Morgan fingerprint density at radius 2 is 1.82 bits per heavy atom. The van der Waals surface area contributed by atoms with E-state index in [4.69, 9.17) is 4.74 Å². The third-order valence-electron chi connectivity index (χ3n) is 7.66. The third-order valence-corrected chi connectivity index (χ3v) is 7.66. The number of carbonyl (C=O) groups excluding carboxylic acids is 2. The summed E-state index contributed by atoms with van der Waals surface area (Å²) in [6, 6.07) is 17.7. The van der Waals surface area contributed by atoms with Gasteiger partial charge in [0.1, 0.15) is 5.75 Å². The van der Waals surface area contributed by atoms with Crippen molar-refractivity contribution in [3.63, 3.8) is 0 Å². The lowest BCUT2D eigenvalue weighted by Gasteiger charge is -2.44. The maximum Gasteiger partial charge on any atom is 0.323 e. The summed E-state index contributed by atoms with van der Waals surface area (Å²) >= 11 is 0. The monoisotopic (exact) mass is 543 g/mol. The minimum absolute atomic E-state index is 0.0463. The van der Waals surface area contributed by atoms with Crippen LogP contribution in [-0.2, 0) is 6.54 Å². The van der Waals surface area contributed by atoms with E-state index in [0.717, 1.165) is 30.8 Å². The second-order valence-corrected chi connectivity index (χ2v) is 11.1. The first kappa shape index (κ1) is 27.3. The molecular weight excluding hydrogens is 506 g/mol. The lowest BCUT2D eigenvalue weighted by molar-refractivity contribution is 0.0952. The molecule has 3 N–H and O–H groups in total. The Morgan fingerprint density at radius 1 is 1.00 bits per heavy atom. The molecule has 3 aromatic rings. The third kappa shape index (κ3) is 6.14. The fourth-order valence-corrected chi connectivity index (χ4v) is 5.71. The van der Waals surface area contributed by atoms with Gasteiger partial charge in [-0.05, 0) is 61.1 Å². The highest BCUT2D eigenvalue weighted by molar-refractivity contribution is 6.04. The van der Waals surface area contributed by atoms with E-state index in [1.807, 2.05) is 34.9 Å². The van der Waals surface area contributed by atoms with Crippen LogP contribution in [0.25, 0.3) is 0 Å². The van der Waals surface area contributed by atoms with Gasteiger partial charge in [0.25, 0.3) is 11.5 Å². The van der Waals surface area contributed by atoms with Crippen LogP contribution in [0.4, 0.5) is 21.9 Å². The van der Waals surface area contributed by atoms with Gasteiger partial charge >= 0.3 is 6.03 Å². The molecule has 2 aromatic carbocycles. The van der Waals surface area contributed by atoms with Crippen LogP contribution in [0, 0.1) is 11.8 Å². The normalized spacial score (nSPS) is 17.6. The maximum atomic E-state index is 13.1. The summed E-state index contributed by atoms with van der Waals surface area (Å²) < 4.78 is 7.17. The van der Waals surface area contributed by atoms with Crippen molar-refractivity contribution >= 4 is 29.0 Å². The predicted molar refractivity (Wildman–Crippen MR) is 158 cm³/mol. The van der Waals surface area contributed by atoms with Gasteiger partial charge in [-0.1, -0.05) is 26.0 Å². The van der Waals surface area contributed by atoms with Crippen LogP contribution in [0.1, 0.15) is 48.7 Å². The molecule has 40 heavy (non-hydrogen) atoms. The fraction of sp³-hybridized carbons (Fsp3) is 0.387. The van der Waals surface area contributed by atoms with Crippen LogP contribution < -0.4 is 31.1 Å². The summed E-state index contributed by atoms with van der Waals surface area (Å²) in [6.45, 7) is 6.97. The Kier molecular flexibility index (Phi) is 8.09. The van der Waals surface area contributed by atoms with E-state index in [9.17, 15) is 14.4 Å². The molecule has 9 nitrogen and oxygen atoms in total. The number of nitrogens with zero attached hydrogens (tertiary/aromatic N) is 2. The number of pyridine rings is 1. The Morgan fingerprint density at radius 3 is 2.62 bits per heavy atom. The van der Waals surface area contributed by atoms with Gasteiger partial charge in [-0.25, -0.2) is 4.79 Å². The molecule has 2 unspecified atom stereocenters. The van der Waals surface area contributed by atoms with Crippen molar-refractivity contribution in [2.45, 2.75) is 39.2 Å². The summed E-state index contributed by atoms with van der Waals surface area (Å²) in [5.74, 6) is 1.47. The molecule has 2 bridgehead atoms. The van der Waals surface area contributed by atoms with Gasteiger partial charge in [0.05, 0.1) is 18.5 Å². The Bertz CT molecular complexity index is 1450. The number of anilines is 3. The van der Waals surface area contributed by atoms with Gasteiger partial charge < -0.3 is 30.2 Å². The molecule has 3 heterocycles. The van der Waals surface area contributed by atoms with Crippen LogP contribution in [0.2, 0.25) is 0 Å². The molecule has 0 radical (unpaired) electrons. The van der Waals surface area contributed by atoms with Crippen molar-refractivity contribution in [2.75, 3.05) is 42.3 Å². The van der Waals surface area contributed by atoms with Crippen molar-refractivity contribution in [1.82, 2.24) is 9.88 Å². The average molecular weight is 544 g/mol. The van der Waals surface area contributed by atoms with Gasteiger partial charge in [0.2, 0.25) is 0 Å². The number of amides is 3. The van der Waals surface area contributed by atoms with Crippen molar-refractivity contribution in [3.05, 3.63) is 82.3 Å². The molecule has 0 spiro atoms. The molecule has 210 valence electrons. The number of hydrogen-bond donors (Lipinski definition) is 3. The molecule has 9 heteroatoms. The first-order valence-corrected chi connectivity index (χ1v) is 13.9. The number of ether oxygens (including phenoxy) is 1. The molecule has 2 aliphatic rings. The van der Waals surface area contributed by atoms with Gasteiger partial charge in [0.15, 0.2) is 0 Å². The summed E-state index contributed by atoms with van der Waals surface area (Å²) in [6.07, 6.45) is 1.91. The topological polar surface area (TPSA) is 105 Å². The SMILES string of the molecule is COc1cccc(NC(=O)Nc2cc(C(=O)NCCC(C)C)ccc2N2CC3CC(C2)c2cccc(=O)n2C3)c1. The Balaban J connectivity index is 1.41. The number of rotatable bonds is 8. The van der Waals surface area contributed by atoms with Crippen LogP contribution in [0.15, 0.2) is 65.5 Å². The van der Waals surface area contributed by atoms with Gasteiger partial charge in [0, 0.05) is 61.2 Å². The van der Waals surface area contributed by atoms with E-state index in [1.54, 1.807) is 37.4 Å². The van der Waals surface area contributed by atoms with Crippen molar-refractivity contribution in [3.8, 4) is 5.75 Å². The van der Waals surface area contributed by atoms with Crippen LogP contribution in [0.3, 0.4) is 0 Å². The van der Waals surface area contributed by atoms with E-state index in [2.05, 4.69) is 34.7 Å². The predicted octanol–water partition coefficient (Wildman–Crippen LogP) is 4.90. The number of urea groups is 1. The minimum Gasteiger partial charge on any atom is -0.497 e.